The Labute approximate surface area is 228 Å². The molecular formula is C28H30F4N6O2. The second kappa shape index (κ2) is 10.7. The summed E-state index contributed by atoms with van der Waals surface area (Å²) in [5, 5.41) is 28.2. The number of hydrogen-bond donors (Lipinski definition) is 5. The fourth-order valence-corrected chi connectivity index (χ4v) is 4.82. The number of nitrogens with zero attached hydrogens (tertiary/aromatic N) is 3. The van der Waals surface area contributed by atoms with Gasteiger partial charge in [0, 0.05) is 40.7 Å². The average Bonchev–Trinajstić information content (AvgIpc) is 3.37. The smallest absolute Gasteiger partial charge is 0.381 e. The number of imidazole rings is 1. The number of aliphatic hydroxyl groups excluding tert-OH is 2. The maximum absolute atomic E-state index is 14.2. The van der Waals surface area contributed by atoms with Crippen LogP contribution in [-0.4, -0.2) is 50.6 Å². The molecule has 2 heterocycles. The first-order chi connectivity index (χ1) is 18.9. The SMILES string of the molecule is Cc1ccc(-c2nc(C(F)(F)F)[nH]c2C(O)N=C2C=CC(C)C(Nc3ccc4c(c3)C(O)N(C)CN4)C2)cc1F. The number of hydrogen-bond acceptors (Lipinski definition) is 7. The van der Waals surface area contributed by atoms with Crippen LogP contribution in [0.2, 0.25) is 0 Å². The number of aliphatic imine (C=N–C) groups is 1. The first-order valence-corrected chi connectivity index (χ1v) is 12.8. The van der Waals surface area contributed by atoms with Gasteiger partial charge in [-0.05, 0) is 55.8 Å². The lowest BCUT2D eigenvalue weighted by Gasteiger charge is -2.33. The van der Waals surface area contributed by atoms with Crippen LogP contribution in [0.4, 0.5) is 28.9 Å². The molecule has 4 atom stereocenters. The van der Waals surface area contributed by atoms with Crippen molar-refractivity contribution in [3.63, 3.8) is 0 Å². The minimum atomic E-state index is -4.80. The van der Waals surface area contributed by atoms with Gasteiger partial charge in [0.2, 0.25) is 5.82 Å². The second-order valence-corrected chi connectivity index (χ2v) is 10.2. The molecule has 1 aromatic heterocycles. The van der Waals surface area contributed by atoms with Gasteiger partial charge in [0.15, 0.2) is 6.23 Å². The van der Waals surface area contributed by atoms with Gasteiger partial charge in [0.05, 0.1) is 18.1 Å². The number of aromatic nitrogens is 2. The van der Waals surface area contributed by atoms with Crippen molar-refractivity contribution in [2.45, 2.75) is 44.9 Å². The fourth-order valence-electron chi connectivity index (χ4n) is 4.82. The molecule has 0 spiro atoms. The van der Waals surface area contributed by atoms with Gasteiger partial charge in [0.1, 0.15) is 12.0 Å². The first-order valence-electron chi connectivity index (χ1n) is 12.8. The number of anilines is 2. The molecule has 0 radical (unpaired) electrons. The minimum Gasteiger partial charge on any atom is -0.381 e. The Hall–Kier alpha value is -3.74. The van der Waals surface area contributed by atoms with Crippen LogP contribution in [0.25, 0.3) is 11.3 Å². The summed E-state index contributed by atoms with van der Waals surface area (Å²) in [4.78, 5) is 11.9. The minimum absolute atomic E-state index is 0.0768. The number of halogens is 4. The molecule has 5 rings (SSSR count). The van der Waals surface area contributed by atoms with Crippen molar-refractivity contribution in [1.29, 1.82) is 0 Å². The average molecular weight is 559 g/mol. The number of aryl methyl sites for hydroxylation is 1. The third-order valence-electron chi connectivity index (χ3n) is 7.27. The normalized spacial score (nSPS) is 23.1. The van der Waals surface area contributed by atoms with Crippen LogP contribution < -0.4 is 10.6 Å². The summed E-state index contributed by atoms with van der Waals surface area (Å²) in [5.74, 6) is -1.83. The van der Waals surface area contributed by atoms with Crippen molar-refractivity contribution in [3.8, 4) is 11.3 Å². The standard InChI is InChI=1S/C28H30F4N6O2/c1-14-4-6-16(10-20(14)29)23-24(37-27(36-23)28(30,31)32)25(39)35-18-7-5-15(2)22(12-18)34-17-8-9-21-19(11-17)26(40)38(3)13-33-21/h4-11,15,22,25-26,33-34,39-40H,12-13H2,1-3H3,(H,36,37). The zero-order chi connectivity index (χ0) is 28.8. The van der Waals surface area contributed by atoms with Crippen LogP contribution in [0.15, 0.2) is 53.5 Å². The molecule has 2 aromatic carbocycles. The van der Waals surface area contributed by atoms with E-state index in [4.69, 9.17) is 0 Å². The largest absolute Gasteiger partial charge is 0.449 e. The summed E-state index contributed by atoms with van der Waals surface area (Å²) in [6.45, 7) is 4.07. The number of fused-ring (bicyclic) bond motifs is 1. The topological polar surface area (TPSA) is 109 Å². The molecule has 3 aromatic rings. The van der Waals surface area contributed by atoms with Crippen molar-refractivity contribution in [1.82, 2.24) is 14.9 Å². The van der Waals surface area contributed by atoms with Gasteiger partial charge in [-0.3, -0.25) is 9.89 Å². The molecule has 1 aliphatic heterocycles. The lowest BCUT2D eigenvalue weighted by atomic mass is 9.90. The van der Waals surface area contributed by atoms with Crippen LogP contribution in [0.5, 0.6) is 0 Å². The van der Waals surface area contributed by atoms with Gasteiger partial charge in [-0.1, -0.05) is 25.1 Å². The van der Waals surface area contributed by atoms with Crippen molar-refractivity contribution < 1.29 is 27.8 Å². The molecule has 2 aliphatic rings. The third-order valence-corrected chi connectivity index (χ3v) is 7.27. The number of nitrogens with one attached hydrogen (secondary N) is 3. The molecule has 0 bridgehead atoms. The fraction of sp³-hybridized carbons (Fsp3) is 0.357. The highest BCUT2D eigenvalue weighted by Crippen LogP contribution is 2.36. The van der Waals surface area contributed by atoms with E-state index in [9.17, 15) is 27.8 Å². The third kappa shape index (κ3) is 5.60. The lowest BCUT2D eigenvalue weighted by Crippen LogP contribution is -2.35. The van der Waals surface area contributed by atoms with Crippen molar-refractivity contribution in [2.75, 3.05) is 24.3 Å². The summed E-state index contributed by atoms with van der Waals surface area (Å²) < 4.78 is 54.7. The van der Waals surface area contributed by atoms with Gasteiger partial charge in [-0.15, -0.1) is 0 Å². The van der Waals surface area contributed by atoms with Crippen molar-refractivity contribution in [3.05, 3.63) is 77.0 Å². The summed E-state index contributed by atoms with van der Waals surface area (Å²) in [6.07, 6.45) is -3.24. The highest BCUT2D eigenvalue weighted by molar-refractivity contribution is 5.96. The predicted molar refractivity (Wildman–Crippen MR) is 144 cm³/mol. The number of benzene rings is 2. The monoisotopic (exact) mass is 558 g/mol. The molecular weight excluding hydrogens is 528 g/mol. The molecule has 8 nitrogen and oxygen atoms in total. The van der Waals surface area contributed by atoms with Gasteiger partial charge in [-0.25, -0.2) is 9.37 Å². The zero-order valence-corrected chi connectivity index (χ0v) is 22.1. The van der Waals surface area contributed by atoms with E-state index >= 15 is 0 Å². The summed E-state index contributed by atoms with van der Waals surface area (Å²) in [7, 11) is 1.81. The van der Waals surface area contributed by atoms with E-state index in [1.54, 1.807) is 18.0 Å². The van der Waals surface area contributed by atoms with E-state index in [0.29, 0.717) is 24.4 Å². The molecule has 5 N–H and O–H groups in total. The van der Waals surface area contributed by atoms with Crippen molar-refractivity contribution in [2.24, 2.45) is 10.9 Å². The van der Waals surface area contributed by atoms with Crippen LogP contribution in [0, 0.1) is 18.7 Å². The number of aliphatic hydroxyl groups is 2. The maximum atomic E-state index is 14.2. The number of alkyl halides is 3. The molecule has 0 fully saturated rings. The Morgan fingerprint density at radius 3 is 2.70 bits per heavy atom. The van der Waals surface area contributed by atoms with E-state index in [-0.39, 0.29) is 28.9 Å². The summed E-state index contributed by atoms with van der Waals surface area (Å²) in [5.41, 5.74) is 2.75. The van der Waals surface area contributed by atoms with Crippen molar-refractivity contribution >= 4 is 17.1 Å². The van der Waals surface area contributed by atoms with Gasteiger partial charge in [-0.2, -0.15) is 13.2 Å². The highest BCUT2D eigenvalue weighted by atomic mass is 19.4. The van der Waals surface area contributed by atoms with Crippen LogP contribution in [0.3, 0.4) is 0 Å². The van der Waals surface area contributed by atoms with Gasteiger partial charge >= 0.3 is 6.18 Å². The quantitative estimate of drug-likeness (QED) is 0.270. The number of rotatable bonds is 5. The number of aromatic amines is 1. The first kappa shape index (κ1) is 27.8. The Kier molecular flexibility index (Phi) is 7.42. The molecule has 4 unspecified atom stereocenters. The lowest BCUT2D eigenvalue weighted by molar-refractivity contribution is -0.144. The summed E-state index contributed by atoms with van der Waals surface area (Å²) >= 11 is 0. The number of allylic oxidation sites excluding steroid dienone is 1. The Morgan fingerprint density at radius 1 is 1.20 bits per heavy atom. The predicted octanol–water partition coefficient (Wildman–Crippen LogP) is 5.36. The van der Waals surface area contributed by atoms with E-state index in [2.05, 4.69) is 25.6 Å². The summed E-state index contributed by atoms with van der Waals surface area (Å²) in [6, 6.07) is 9.49. The van der Waals surface area contributed by atoms with Crippen LogP contribution in [0.1, 0.15) is 48.4 Å². The van der Waals surface area contributed by atoms with Gasteiger partial charge in [0.25, 0.3) is 0 Å². The van der Waals surface area contributed by atoms with E-state index in [1.165, 1.54) is 19.1 Å². The van der Waals surface area contributed by atoms with E-state index < -0.39 is 30.3 Å². The Balaban J connectivity index is 1.40. The molecule has 212 valence electrons. The van der Waals surface area contributed by atoms with E-state index in [0.717, 1.165) is 23.0 Å². The zero-order valence-electron chi connectivity index (χ0n) is 22.1. The van der Waals surface area contributed by atoms with E-state index in [1.807, 2.05) is 31.2 Å². The molecule has 12 heteroatoms. The molecule has 0 amide bonds. The molecule has 0 saturated carbocycles. The Bertz CT molecular complexity index is 1470. The molecule has 40 heavy (non-hydrogen) atoms. The second-order valence-electron chi connectivity index (χ2n) is 10.2. The molecule has 0 saturated heterocycles. The highest BCUT2D eigenvalue weighted by Gasteiger charge is 2.37. The maximum Gasteiger partial charge on any atom is 0.449 e. The number of H-pyrrole nitrogens is 1. The molecule has 1 aliphatic carbocycles. The van der Waals surface area contributed by atoms with Crippen LogP contribution in [-0.2, 0) is 6.18 Å². The van der Waals surface area contributed by atoms with Crippen LogP contribution >= 0.6 is 0 Å². The Morgan fingerprint density at radius 2 is 1.98 bits per heavy atom. The van der Waals surface area contributed by atoms with Gasteiger partial charge < -0.3 is 25.8 Å².